The summed E-state index contributed by atoms with van der Waals surface area (Å²) in [5.74, 6) is -1.27. The molecule has 6 heteroatoms. The first-order chi connectivity index (χ1) is 8.09. The number of carboxylic acids is 1. The van der Waals surface area contributed by atoms with Crippen LogP contribution in [0.3, 0.4) is 0 Å². The lowest BCUT2D eigenvalue weighted by molar-refractivity contribution is 0.0695. The summed E-state index contributed by atoms with van der Waals surface area (Å²) in [5.41, 5.74) is -0.106. The molecule has 1 aromatic carbocycles. The van der Waals surface area contributed by atoms with E-state index in [-0.39, 0.29) is 5.56 Å². The smallest absolute Gasteiger partial charge is 0.342 e. The normalized spacial score (nSPS) is 10.2. The Morgan fingerprint density at radius 1 is 1.41 bits per heavy atom. The number of benzene rings is 1. The highest BCUT2D eigenvalue weighted by Crippen LogP contribution is 2.23. The van der Waals surface area contributed by atoms with Crippen LogP contribution >= 0.6 is 15.9 Å². The van der Waals surface area contributed by atoms with Gasteiger partial charge in [-0.3, -0.25) is 4.79 Å². The number of aromatic amines is 1. The second-order valence-electron chi connectivity index (χ2n) is 3.30. The Morgan fingerprint density at radius 3 is 2.82 bits per heavy atom. The minimum atomic E-state index is -1.27. The number of rotatable bonds is 2. The molecule has 5 nitrogen and oxygen atoms in total. The summed E-state index contributed by atoms with van der Waals surface area (Å²) in [6.45, 7) is 0. The number of aromatic carboxylic acids is 1. The minimum Gasteiger partial charge on any atom is -0.477 e. The third-order valence-electron chi connectivity index (χ3n) is 2.21. The quantitative estimate of drug-likeness (QED) is 0.886. The van der Waals surface area contributed by atoms with Gasteiger partial charge >= 0.3 is 5.97 Å². The lowest BCUT2D eigenvalue weighted by Gasteiger charge is -2.04. The van der Waals surface area contributed by atoms with Crippen LogP contribution in [0.15, 0.2) is 39.7 Å². The Morgan fingerprint density at radius 2 is 2.18 bits per heavy atom. The van der Waals surface area contributed by atoms with Crippen LogP contribution in [-0.4, -0.2) is 21.3 Å². The maximum Gasteiger partial charge on any atom is 0.342 e. The minimum absolute atomic E-state index is 0.294. The second kappa shape index (κ2) is 4.50. The van der Waals surface area contributed by atoms with Crippen molar-refractivity contribution < 1.29 is 9.90 Å². The summed E-state index contributed by atoms with van der Waals surface area (Å²) in [4.78, 5) is 22.5. The number of H-pyrrole nitrogens is 1. The van der Waals surface area contributed by atoms with Gasteiger partial charge in [0.15, 0.2) is 0 Å². The molecule has 0 amide bonds. The van der Waals surface area contributed by atoms with Crippen molar-refractivity contribution in [2.45, 2.75) is 0 Å². The number of nitrogens with one attached hydrogen (secondary N) is 1. The molecule has 86 valence electrons. The zero-order valence-electron chi connectivity index (χ0n) is 8.48. The summed E-state index contributed by atoms with van der Waals surface area (Å²) in [6, 6.07) is 7.01. The predicted octanol–water partition coefficient (Wildman–Crippen LogP) is 1.90. The van der Waals surface area contributed by atoms with Gasteiger partial charge < -0.3 is 5.11 Å². The van der Waals surface area contributed by atoms with Crippen molar-refractivity contribution in [1.82, 2.24) is 10.2 Å². The van der Waals surface area contributed by atoms with Gasteiger partial charge in [0.1, 0.15) is 5.56 Å². The third kappa shape index (κ3) is 2.26. The topological polar surface area (TPSA) is 83.0 Å². The Balaban J connectivity index is 2.72. The molecule has 2 N–H and O–H groups in total. The molecule has 0 saturated carbocycles. The van der Waals surface area contributed by atoms with Gasteiger partial charge in [0.25, 0.3) is 5.56 Å². The van der Waals surface area contributed by atoms with Gasteiger partial charge in [-0.2, -0.15) is 5.10 Å². The Kier molecular flexibility index (Phi) is 3.06. The van der Waals surface area contributed by atoms with Gasteiger partial charge in [0.2, 0.25) is 0 Å². The van der Waals surface area contributed by atoms with Gasteiger partial charge in [-0.05, 0) is 17.7 Å². The van der Waals surface area contributed by atoms with E-state index in [0.29, 0.717) is 11.1 Å². The number of aromatic nitrogens is 2. The molecule has 0 aliphatic heterocycles. The molecule has 0 spiro atoms. The fourth-order valence-electron chi connectivity index (χ4n) is 1.49. The van der Waals surface area contributed by atoms with Crippen molar-refractivity contribution in [2.24, 2.45) is 0 Å². The van der Waals surface area contributed by atoms with Gasteiger partial charge in [-0.15, -0.1) is 0 Å². The molecule has 0 fully saturated rings. The number of carboxylic acid groups (broad SMARTS) is 1. The van der Waals surface area contributed by atoms with E-state index >= 15 is 0 Å². The fourth-order valence-corrected chi connectivity index (χ4v) is 1.88. The summed E-state index contributed by atoms with van der Waals surface area (Å²) in [6.07, 6.45) is 1.33. The van der Waals surface area contributed by atoms with Crippen LogP contribution in [-0.2, 0) is 0 Å². The molecule has 0 atom stereocenters. The van der Waals surface area contributed by atoms with Crippen LogP contribution in [0.25, 0.3) is 11.1 Å². The summed E-state index contributed by atoms with van der Waals surface area (Å²) in [5, 5.41) is 14.7. The molecule has 17 heavy (non-hydrogen) atoms. The van der Waals surface area contributed by atoms with Crippen LogP contribution in [0.5, 0.6) is 0 Å². The van der Waals surface area contributed by atoms with Crippen LogP contribution < -0.4 is 5.56 Å². The zero-order chi connectivity index (χ0) is 12.4. The first-order valence-corrected chi connectivity index (χ1v) is 5.46. The molecule has 0 aliphatic carbocycles. The van der Waals surface area contributed by atoms with E-state index in [1.807, 2.05) is 6.07 Å². The number of nitrogens with zero attached hydrogens (tertiary/aromatic N) is 1. The molecule has 2 rings (SSSR count). The lowest BCUT2D eigenvalue weighted by atomic mass is 10.0. The molecule has 0 saturated heterocycles. The monoisotopic (exact) mass is 294 g/mol. The van der Waals surface area contributed by atoms with Crippen molar-refractivity contribution in [3.63, 3.8) is 0 Å². The Bertz CT molecular complexity index is 637. The van der Waals surface area contributed by atoms with E-state index in [2.05, 4.69) is 26.1 Å². The lowest BCUT2D eigenvalue weighted by Crippen LogP contribution is -2.19. The summed E-state index contributed by atoms with van der Waals surface area (Å²) in [7, 11) is 0. The van der Waals surface area contributed by atoms with E-state index in [1.54, 1.807) is 18.2 Å². The molecule has 0 aliphatic rings. The van der Waals surface area contributed by atoms with E-state index in [9.17, 15) is 9.59 Å². The van der Waals surface area contributed by atoms with E-state index < -0.39 is 11.5 Å². The maximum absolute atomic E-state index is 11.4. The number of halogens is 1. The van der Waals surface area contributed by atoms with Crippen molar-refractivity contribution in [1.29, 1.82) is 0 Å². The summed E-state index contributed by atoms with van der Waals surface area (Å²) < 4.78 is 0.798. The first kappa shape index (κ1) is 11.5. The number of hydrogen-bond donors (Lipinski definition) is 2. The molecule has 0 radical (unpaired) electrons. The second-order valence-corrected chi connectivity index (χ2v) is 4.22. The molecular formula is C11H7BrN2O3. The first-order valence-electron chi connectivity index (χ1n) is 4.66. The Hall–Kier alpha value is -1.95. The molecule has 1 heterocycles. The van der Waals surface area contributed by atoms with Crippen LogP contribution in [0.2, 0.25) is 0 Å². The van der Waals surface area contributed by atoms with Gasteiger partial charge in [-0.25, -0.2) is 9.89 Å². The number of carbonyl (C=O) groups is 1. The van der Waals surface area contributed by atoms with Crippen LogP contribution in [0, 0.1) is 0 Å². The average molecular weight is 295 g/mol. The van der Waals surface area contributed by atoms with Crippen molar-refractivity contribution >= 4 is 21.9 Å². The third-order valence-corrected chi connectivity index (χ3v) is 2.70. The van der Waals surface area contributed by atoms with Gasteiger partial charge in [0, 0.05) is 10.0 Å². The highest BCUT2D eigenvalue weighted by molar-refractivity contribution is 9.10. The molecule has 0 bridgehead atoms. The van der Waals surface area contributed by atoms with Gasteiger partial charge in [0.05, 0.1) is 6.20 Å². The largest absolute Gasteiger partial charge is 0.477 e. The number of hydrogen-bond acceptors (Lipinski definition) is 3. The molecule has 1 aromatic heterocycles. The van der Waals surface area contributed by atoms with Crippen LogP contribution in [0.4, 0.5) is 0 Å². The van der Waals surface area contributed by atoms with Crippen molar-refractivity contribution in [3.8, 4) is 11.1 Å². The highest BCUT2D eigenvalue weighted by Gasteiger charge is 2.16. The van der Waals surface area contributed by atoms with E-state index in [0.717, 1.165) is 4.47 Å². The maximum atomic E-state index is 11.4. The van der Waals surface area contributed by atoms with E-state index in [1.165, 1.54) is 6.20 Å². The van der Waals surface area contributed by atoms with Crippen LogP contribution in [0.1, 0.15) is 10.4 Å². The molecule has 2 aromatic rings. The average Bonchev–Trinajstić information content (AvgIpc) is 2.28. The molecular weight excluding hydrogens is 288 g/mol. The predicted molar refractivity (Wildman–Crippen MR) is 65.0 cm³/mol. The SMILES string of the molecule is O=C(O)c1c(-c2cccc(Br)c2)cn[nH]c1=O. The van der Waals surface area contributed by atoms with Crippen molar-refractivity contribution in [2.75, 3.05) is 0 Å². The standard InChI is InChI=1S/C11H7BrN2O3/c12-7-3-1-2-6(4-7)8-5-13-14-10(15)9(8)11(16)17/h1-5H,(H,14,15)(H,16,17). The highest BCUT2D eigenvalue weighted by atomic mass is 79.9. The Labute approximate surface area is 104 Å². The zero-order valence-corrected chi connectivity index (χ0v) is 10.1. The molecule has 0 unspecified atom stereocenters. The van der Waals surface area contributed by atoms with E-state index in [4.69, 9.17) is 5.11 Å². The summed E-state index contributed by atoms with van der Waals surface area (Å²) >= 11 is 3.29. The van der Waals surface area contributed by atoms with Crippen molar-refractivity contribution in [3.05, 3.63) is 50.9 Å². The van der Waals surface area contributed by atoms with Gasteiger partial charge in [-0.1, -0.05) is 28.1 Å². The fraction of sp³-hybridized carbons (Fsp3) is 0.